The van der Waals surface area contributed by atoms with Gasteiger partial charge in [0.2, 0.25) is 6.08 Å². The lowest BCUT2D eigenvalue weighted by Gasteiger charge is -1.99. The van der Waals surface area contributed by atoms with Crippen LogP contribution in [0.15, 0.2) is 17.1 Å². The molecule has 2 nitrogen and oxygen atoms in total. The Balaban J connectivity index is 3.32. The molecule has 0 unspecified atom stereocenters. The Hall–Kier alpha value is -1.18. The summed E-state index contributed by atoms with van der Waals surface area (Å²) in [7, 11) is 0. The first kappa shape index (κ1) is 8.91. The number of hydrogen-bond donors (Lipinski definition) is 0. The summed E-state index contributed by atoms with van der Waals surface area (Å²) in [5.74, 6) is -0.515. The lowest BCUT2D eigenvalue weighted by Crippen LogP contribution is -1.80. The molecule has 0 aromatic heterocycles. The number of aliphatic imine (C=N–C) groups is 1. The van der Waals surface area contributed by atoms with Crippen LogP contribution in [0.5, 0.6) is 0 Å². The van der Waals surface area contributed by atoms with E-state index in [9.17, 15) is 9.18 Å². The molecule has 1 aromatic carbocycles. The maximum atomic E-state index is 12.7. The average molecular weight is 186 g/mol. The van der Waals surface area contributed by atoms with Crippen LogP contribution in [0.25, 0.3) is 0 Å². The summed E-state index contributed by atoms with van der Waals surface area (Å²) in [5.41, 5.74) is 0.900. The third kappa shape index (κ3) is 1.70. The van der Waals surface area contributed by atoms with Crippen molar-refractivity contribution in [3.63, 3.8) is 0 Å². The Morgan fingerprint density at radius 3 is 2.83 bits per heavy atom. The van der Waals surface area contributed by atoms with Crippen LogP contribution in [-0.4, -0.2) is 6.08 Å². The van der Waals surface area contributed by atoms with Crippen LogP contribution in [-0.2, 0) is 4.79 Å². The lowest BCUT2D eigenvalue weighted by molar-refractivity contribution is 0.565. The van der Waals surface area contributed by atoms with Crippen LogP contribution < -0.4 is 0 Å². The summed E-state index contributed by atoms with van der Waals surface area (Å²) in [6, 6.07) is 2.51. The van der Waals surface area contributed by atoms with Gasteiger partial charge in [-0.3, -0.25) is 0 Å². The molecule has 1 aromatic rings. The van der Waals surface area contributed by atoms with Crippen molar-refractivity contribution in [1.29, 1.82) is 0 Å². The van der Waals surface area contributed by atoms with E-state index < -0.39 is 5.82 Å². The fraction of sp³-hybridized carbons (Fsp3) is 0.125. The number of rotatable bonds is 1. The second-order valence-electron chi connectivity index (χ2n) is 2.26. The van der Waals surface area contributed by atoms with Gasteiger partial charge < -0.3 is 0 Å². The third-order valence-corrected chi connectivity index (χ3v) is 1.69. The molecule has 12 heavy (non-hydrogen) atoms. The molecule has 0 fully saturated rings. The Morgan fingerprint density at radius 1 is 1.58 bits per heavy atom. The first-order chi connectivity index (χ1) is 5.65. The highest BCUT2D eigenvalue weighted by molar-refractivity contribution is 6.31. The van der Waals surface area contributed by atoms with E-state index in [1.165, 1.54) is 18.2 Å². The second kappa shape index (κ2) is 3.48. The van der Waals surface area contributed by atoms with Crippen molar-refractivity contribution < 1.29 is 9.18 Å². The molecule has 0 bridgehead atoms. The molecule has 0 amide bonds. The summed E-state index contributed by atoms with van der Waals surface area (Å²) in [6.07, 6.45) is 1.37. The molecule has 0 heterocycles. The molecule has 0 atom stereocenters. The summed E-state index contributed by atoms with van der Waals surface area (Å²) in [6.45, 7) is 1.63. The van der Waals surface area contributed by atoms with Gasteiger partial charge in [-0.1, -0.05) is 11.6 Å². The molecule has 0 N–H and O–H groups in total. The SMILES string of the molecule is Cc1cc(F)c(Cl)cc1N=C=O. The largest absolute Gasteiger partial charge is 0.240 e. The zero-order valence-corrected chi connectivity index (χ0v) is 7.02. The van der Waals surface area contributed by atoms with Gasteiger partial charge >= 0.3 is 0 Å². The number of carbonyl (C=O) groups excluding carboxylic acids is 1. The van der Waals surface area contributed by atoms with Crippen molar-refractivity contribution >= 4 is 23.4 Å². The van der Waals surface area contributed by atoms with Crippen molar-refractivity contribution in [1.82, 2.24) is 0 Å². The van der Waals surface area contributed by atoms with E-state index in [2.05, 4.69) is 4.99 Å². The van der Waals surface area contributed by atoms with Crippen molar-refractivity contribution in [2.75, 3.05) is 0 Å². The molecule has 0 saturated carbocycles. The summed E-state index contributed by atoms with van der Waals surface area (Å²) < 4.78 is 12.7. The van der Waals surface area contributed by atoms with Gasteiger partial charge in [0, 0.05) is 0 Å². The standard InChI is InChI=1S/C8H5ClFNO/c1-5-2-7(10)6(9)3-8(5)11-4-12/h2-3H,1H3. The normalized spacial score (nSPS) is 9.25. The van der Waals surface area contributed by atoms with E-state index >= 15 is 0 Å². The predicted octanol–water partition coefficient (Wildman–Crippen LogP) is 2.75. The van der Waals surface area contributed by atoms with E-state index in [0.717, 1.165) is 0 Å². The third-order valence-electron chi connectivity index (χ3n) is 1.40. The fourth-order valence-corrected chi connectivity index (χ4v) is 0.963. The van der Waals surface area contributed by atoms with Crippen LogP contribution in [0.3, 0.4) is 0 Å². The second-order valence-corrected chi connectivity index (χ2v) is 2.66. The fourth-order valence-electron chi connectivity index (χ4n) is 0.805. The van der Waals surface area contributed by atoms with Crippen molar-refractivity contribution in [3.8, 4) is 0 Å². The monoisotopic (exact) mass is 185 g/mol. The number of benzene rings is 1. The number of halogens is 2. The van der Waals surface area contributed by atoms with Gasteiger partial charge in [-0.15, -0.1) is 0 Å². The van der Waals surface area contributed by atoms with Crippen LogP contribution in [0.1, 0.15) is 5.56 Å². The lowest BCUT2D eigenvalue weighted by atomic mass is 10.2. The number of hydrogen-bond acceptors (Lipinski definition) is 2. The van der Waals surface area contributed by atoms with Gasteiger partial charge in [-0.05, 0) is 24.6 Å². The van der Waals surface area contributed by atoms with E-state index in [1.807, 2.05) is 0 Å². The van der Waals surface area contributed by atoms with Crippen LogP contribution in [0.2, 0.25) is 5.02 Å². The molecule has 4 heteroatoms. The molecule has 1 rings (SSSR count). The van der Waals surface area contributed by atoms with E-state index in [4.69, 9.17) is 11.6 Å². The van der Waals surface area contributed by atoms with Gasteiger partial charge in [0.25, 0.3) is 0 Å². The van der Waals surface area contributed by atoms with Crippen LogP contribution in [0.4, 0.5) is 10.1 Å². The Kier molecular flexibility index (Phi) is 2.58. The topological polar surface area (TPSA) is 29.4 Å². The van der Waals surface area contributed by atoms with E-state index in [1.54, 1.807) is 6.92 Å². The summed E-state index contributed by atoms with van der Waals surface area (Å²) in [5, 5.41) is -0.0467. The molecular formula is C8H5ClFNO. The van der Waals surface area contributed by atoms with Gasteiger partial charge in [0.05, 0.1) is 10.7 Å². The number of aryl methyl sites for hydroxylation is 1. The Bertz CT molecular complexity index is 358. The predicted molar refractivity (Wildman–Crippen MR) is 43.9 cm³/mol. The van der Waals surface area contributed by atoms with Crippen molar-refractivity contribution in [2.24, 2.45) is 4.99 Å². The Morgan fingerprint density at radius 2 is 2.25 bits per heavy atom. The zero-order valence-electron chi connectivity index (χ0n) is 6.27. The molecule has 0 spiro atoms. The van der Waals surface area contributed by atoms with Crippen LogP contribution >= 0.6 is 11.6 Å². The molecule has 0 radical (unpaired) electrons. The van der Waals surface area contributed by atoms with Gasteiger partial charge in [-0.2, -0.15) is 4.99 Å². The first-order valence-electron chi connectivity index (χ1n) is 3.18. The van der Waals surface area contributed by atoms with Crippen molar-refractivity contribution in [3.05, 3.63) is 28.5 Å². The molecular weight excluding hydrogens is 181 g/mol. The molecule has 62 valence electrons. The molecule has 0 saturated heterocycles. The summed E-state index contributed by atoms with van der Waals surface area (Å²) >= 11 is 5.46. The molecule has 0 aliphatic heterocycles. The minimum Gasteiger partial charge on any atom is -0.211 e. The first-order valence-corrected chi connectivity index (χ1v) is 3.56. The van der Waals surface area contributed by atoms with Crippen LogP contribution in [0, 0.1) is 12.7 Å². The quantitative estimate of drug-likeness (QED) is 0.489. The molecule has 0 aliphatic rings. The summed E-state index contributed by atoms with van der Waals surface area (Å²) in [4.78, 5) is 13.2. The zero-order chi connectivity index (χ0) is 9.14. The average Bonchev–Trinajstić information content (AvgIpc) is 2.01. The maximum Gasteiger partial charge on any atom is 0.240 e. The Labute approximate surface area is 73.7 Å². The van der Waals surface area contributed by atoms with Gasteiger partial charge in [0.1, 0.15) is 5.82 Å². The maximum absolute atomic E-state index is 12.7. The number of isocyanates is 1. The van der Waals surface area contributed by atoms with E-state index in [0.29, 0.717) is 11.3 Å². The van der Waals surface area contributed by atoms with Crippen molar-refractivity contribution in [2.45, 2.75) is 6.92 Å². The van der Waals surface area contributed by atoms with Gasteiger partial charge in [0.15, 0.2) is 0 Å². The highest BCUT2D eigenvalue weighted by Gasteiger charge is 2.03. The number of nitrogens with zero attached hydrogens (tertiary/aromatic N) is 1. The van der Waals surface area contributed by atoms with Gasteiger partial charge in [-0.25, -0.2) is 9.18 Å². The van der Waals surface area contributed by atoms with E-state index in [-0.39, 0.29) is 5.02 Å². The highest BCUT2D eigenvalue weighted by Crippen LogP contribution is 2.25. The minimum atomic E-state index is -0.515. The minimum absolute atomic E-state index is 0.0467. The molecule has 0 aliphatic carbocycles. The smallest absolute Gasteiger partial charge is 0.211 e. The highest BCUT2D eigenvalue weighted by atomic mass is 35.5.